The maximum atomic E-state index is 11.4. The summed E-state index contributed by atoms with van der Waals surface area (Å²) in [5, 5.41) is 0. The van der Waals surface area contributed by atoms with E-state index in [1.165, 1.54) is 0 Å². The van der Waals surface area contributed by atoms with E-state index >= 15 is 0 Å². The third kappa shape index (κ3) is 5.22. The fourth-order valence-corrected chi connectivity index (χ4v) is 3.02. The van der Waals surface area contributed by atoms with Crippen LogP contribution >= 0.6 is 15.9 Å². The molecule has 0 heterocycles. The van der Waals surface area contributed by atoms with E-state index in [4.69, 9.17) is 5.84 Å². The summed E-state index contributed by atoms with van der Waals surface area (Å²) in [7, 11) is -2.90. The molecule has 0 aromatic heterocycles. The van der Waals surface area contributed by atoms with Crippen molar-refractivity contribution in [3.8, 4) is 0 Å². The van der Waals surface area contributed by atoms with E-state index in [0.717, 1.165) is 15.6 Å². The first-order chi connectivity index (χ1) is 8.89. The fourth-order valence-electron chi connectivity index (χ4n) is 1.88. The van der Waals surface area contributed by atoms with Crippen molar-refractivity contribution < 1.29 is 8.42 Å². The molecule has 1 unspecified atom stereocenters. The maximum Gasteiger partial charge on any atom is 0.150 e. The van der Waals surface area contributed by atoms with Crippen LogP contribution in [0.1, 0.15) is 36.9 Å². The van der Waals surface area contributed by atoms with Gasteiger partial charge in [0.25, 0.3) is 0 Å². The minimum absolute atomic E-state index is 0.0149. The molecule has 19 heavy (non-hydrogen) atoms. The minimum Gasteiger partial charge on any atom is -0.271 e. The molecule has 1 aromatic carbocycles. The third-order valence-electron chi connectivity index (χ3n) is 3.17. The van der Waals surface area contributed by atoms with Crippen LogP contribution in [0.2, 0.25) is 0 Å². The Kier molecular flexibility index (Phi) is 6.46. The molecule has 3 N–H and O–H groups in total. The first-order valence-corrected chi connectivity index (χ1v) is 8.93. The Morgan fingerprint density at radius 3 is 2.63 bits per heavy atom. The highest BCUT2D eigenvalue weighted by Gasteiger charge is 2.13. The molecular formula is C13H21BrN2O2S. The van der Waals surface area contributed by atoms with Crippen LogP contribution in [-0.4, -0.2) is 19.9 Å². The number of rotatable bonds is 7. The molecule has 0 spiro atoms. The molecule has 0 saturated carbocycles. The van der Waals surface area contributed by atoms with Gasteiger partial charge in [0.1, 0.15) is 9.84 Å². The van der Waals surface area contributed by atoms with E-state index in [1.54, 1.807) is 6.92 Å². The number of nitrogens with one attached hydrogen (secondary N) is 1. The van der Waals surface area contributed by atoms with Gasteiger partial charge in [-0.2, -0.15) is 0 Å². The number of sulfone groups is 1. The average molecular weight is 349 g/mol. The van der Waals surface area contributed by atoms with Gasteiger partial charge in [-0.25, -0.2) is 8.42 Å². The normalized spacial score (nSPS) is 13.5. The molecule has 0 amide bonds. The Labute approximate surface area is 123 Å². The second-order valence-corrected chi connectivity index (χ2v) is 7.93. The Morgan fingerprint density at radius 2 is 2.11 bits per heavy atom. The number of halogens is 1. The lowest BCUT2D eigenvalue weighted by molar-refractivity contribution is 0.507. The van der Waals surface area contributed by atoms with E-state index in [0.29, 0.717) is 12.8 Å². The van der Waals surface area contributed by atoms with E-state index in [-0.39, 0.29) is 17.5 Å². The highest BCUT2D eigenvalue weighted by molar-refractivity contribution is 9.10. The van der Waals surface area contributed by atoms with Gasteiger partial charge in [0.15, 0.2) is 0 Å². The highest BCUT2D eigenvalue weighted by atomic mass is 79.9. The molecule has 1 atom stereocenters. The van der Waals surface area contributed by atoms with E-state index in [1.807, 2.05) is 19.1 Å². The molecule has 0 bridgehead atoms. The van der Waals surface area contributed by atoms with Gasteiger partial charge in [0, 0.05) is 16.3 Å². The number of benzene rings is 1. The van der Waals surface area contributed by atoms with E-state index in [9.17, 15) is 8.42 Å². The third-order valence-corrected chi connectivity index (χ3v) is 5.85. The summed E-state index contributed by atoms with van der Waals surface area (Å²) in [6.07, 6.45) is 1.32. The van der Waals surface area contributed by atoms with Crippen LogP contribution in [0.25, 0.3) is 0 Å². The summed E-state index contributed by atoms with van der Waals surface area (Å²) in [6, 6.07) is 6.02. The Bertz CT molecular complexity index is 517. The SMILES string of the molecule is CCS(=O)(=O)CCCC(NN)c1ccc(Br)c(C)c1. The average Bonchev–Trinajstić information content (AvgIpc) is 2.38. The Hall–Kier alpha value is -0.430. The lowest BCUT2D eigenvalue weighted by atomic mass is 10.0. The fraction of sp³-hybridized carbons (Fsp3) is 0.538. The predicted octanol–water partition coefficient (Wildman–Crippen LogP) is 2.48. The molecule has 108 valence electrons. The second-order valence-electron chi connectivity index (χ2n) is 4.61. The van der Waals surface area contributed by atoms with E-state index in [2.05, 4.69) is 27.4 Å². The first kappa shape index (κ1) is 16.6. The number of hydrogen-bond acceptors (Lipinski definition) is 4. The van der Waals surface area contributed by atoms with Crippen molar-refractivity contribution >= 4 is 25.8 Å². The van der Waals surface area contributed by atoms with Crippen LogP contribution in [0.15, 0.2) is 22.7 Å². The molecule has 0 aliphatic rings. The molecule has 0 aliphatic carbocycles. The first-order valence-electron chi connectivity index (χ1n) is 6.32. The smallest absolute Gasteiger partial charge is 0.150 e. The molecule has 4 nitrogen and oxygen atoms in total. The van der Waals surface area contributed by atoms with Crippen molar-refractivity contribution in [3.63, 3.8) is 0 Å². The monoisotopic (exact) mass is 348 g/mol. The standard InChI is InChI=1S/C13H21BrN2O2S/c1-3-19(17,18)8-4-5-13(16-15)11-6-7-12(14)10(2)9-11/h6-7,9,13,16H,3-5,8,15H2,1-2H3. The Balaban J connectivity index is 2.66. The van der Waals surface area contributed by atoms with Crippen LogP contribution in [-0.2, 0) is 9.84 Å². The molecular weight excluding hydrogens is 328 g/mol. The topological polar surface area (TPSA) is 72.2 Å². The molecule has 0 fully saturated rings. The van der Waals surface area contributed by atoms with Crippen LogP contribution in [0.4, 0.5) is 0 Å². The maximum absolute atomic E-state index is 11.4. The summed E-state index contributed by atoms with van der Waals surface area (Å²) >= 11 is 3.46. The van der Waals surface area contributed by atoms with Gasteiger partial charge in [-0.1, -0.05) is 35.0 Å². The molecule has 6 heteroatoms. The van der Waals surface area contributed by atoms with Crippen LogP contribution < -0.4 is 11.3 Å². The van der Waals surface area contributed by atoms with Gasteiger partial charge >= 0.3 is 0 Å². The number of nitrogens with two attached hydrogens (primary N) is 1. The lowest BCUT2D eigenvalue weighted by Gasteiger charge is -2.17. The highest BCUT2D eigenvalue weighted by Crippen LogP contribution is 2.23. The number of aryl methyl sites for hydroxylation is 1. The predicted molar refractivity (Wildman–Crippen MR) is 82.5 cm³/mol. The second kappa shape index (κ2) is 7.38. The van der Waals surface area contributed by atoms with Crippen molar-refractivity contribution in [2.75, 3.05) is 11.5 Å². The van der Waals surface area contributed by atoms with Gasteiger partial charge in [0.05, 0.1) is 5.75 Å². The van der Waals surface area contributed by atoms with Gasteiger partial charge < -0.3 is 0 Å². The van der Waals surface area contributed by atoms with E-state index < -0.39 is 9.84 Å². The minimum atomic E-state index is -2.90. The quantitative estimate of drug-likeness (QED) is 0.586. The molecule has 1 aromatic rings. The van der Waals surface area contributed by atoms with Crippen LogP contribution in [0.3, 0.4) is 0 Å². The Morgan fingerprint density at radius 1 is 1.42 bits per heavy atom. The van der Waals surface area contributed by atoms with Crippen molar-refractivity contribution in [1.82, 2.24) is 5.43 Å². The molecule has 1 rings (SSSR count). The van der Waals surface area contributed by atoms with Gasteiger partial charge in [-0.3, -0.25) is 11.3 Å². The summed E-state index contributed by atoms with van der Waals surface area (Å²) in [6.45, 7) is 3.69. The van der Waals surface area contributed by atoms with Crippen LogP contribution in [0, 0.1) is 6.92 Å². The van der Waals surface area contributed by atoms with Crippen molar-refractivity contribution in [1.29, 1.82) is 0 Å². The molecule has 0 saturated heterocycles. The van der Waals surface area contributed by atoms with Crippen LogP contribution in [0.5, 0.6) is 0 Å². The molecule has 0 radical (unpaired) electrons. The lowest BCUT2D eigenvalue weighted by Crippen LogP contribution is -2.28. The van der Waals surface area contributed by atoms with Crippen molar-refractivity contribution in [2.24, 2.45) is 5.84 Å². The summed E-state index contributed by atoms with van der Waals surface area (Å²) < 4.78 is 23.9. The largest absolute Gasteiger partial charge is 0.271 e. The summed E-state index contributed by atoms with van der Waals surface area (Å²) in [5.74, 6) is 5.98. The summed E-state index contributed by atoms with van der Waals surface area (Å²) in [5.41, 5.74) is 4.98. The number of hydrogen-bond donors (Lipinski definition) is 2. The van der Waals surface area contributed by atoms with Gasteiger partial charge in [-0.15, -0.1) is 0 Å². The van der Waals surface area contributed by atoms with Crippen molar-refractivity contribution in [2.45, 2.75) is 32.7 Å². The zero-order valence-electron chi connectivity index (χ0n) is 11.3. The van der Waals surface area contributed by atoms with Crippen molar-refractivity contribution in [3.05, 3.63) is 33.8 Å². The summed E-state index contributed by atoms with van der Waals surface area (Å²) in [4.78, 5) is 0. The molecule has 0 aliphatic heterocycles. The zero-order valence-corrected chi connectivity index (χ0v) is 13.7. The zero-order chi connectivity index (χ0) is 14.5. The van der Waals surface area contributed by atoms with Gasteiger partial charge in [0.2, 0.25) is 0 Å². The van der Waals surface area contributed by atoms with Gasteiger partial charge in [-0.05, 0) is 37.0 Å². The number of hydrazine groups is 1.